The topological polar surface area (TPSA) is 56.7 Å². The average Bonchev–Trinajstić information content (AvgIpc) is 3.10. The normalized spacial score (nSPS) is 15.3. The lowest BCUT2D eigenvalue weighted by Crippen LogP contribution is -2.52. The summed E-state index contributed by atoms with van der Waals surface area (Å²) in [7, 11) is 1.83. The summed E-state index contributed by atoms with van der Waals surface area (Å²) in [5, 5.41) is 6.45. The fourth-order valence-corrected chi connectivity index (χ4v) is 3.07. The predicted octanol–water partition coefficient (Wildman–Crippen LogP) is 2.05. The van der Waals surface area contributed by atoms with Crippen molar-refractivity contribution in [1.29, 1.82) is 0 Å². The Morgan fingerprint density at radius 1 is 1.22 bits per heavy atom. The summed E-state index contributed by atoms with van der Waals surface area (Å²) in [6, 6.07) is 6.04. The third kappa shape index (κ3) is 4.77. The van der Waals surface area contributed by atoms with Gasteiger partial charge in [0.15, 0.2) is 5.96 Å². The quantitative estimate of drug-likeness (QED) is 0.446. The van der Waals surface area contributed by atoms with Gasteiger partial charge in [0.05, 0.1) is 6.54 Å². The van der Waals surface area contributed by atoms with E-state index in [4.69, 9.17) is 0 Å². The van der Waals surface area contributed by atoms with Crippen LogP contribution < -0.4 is 10.2 Å². The number of thiazole rings is 1. The lowest BCUT2D eigenvalue weighted by atomic mass is 10.3. The van der Waals surface area contributed by atoms with Crippen LogP contribution in [-0.4, -0.2) is 54.1 Å². The van der Waals surface area contributed by atoms with Gasteiger partial charge in [-0.25, -0.2) is 9.97 Å². The van der Waals surface area contributed by atoms with Crippen molar-refractivity contribution in [1.82, 2.24) is 20.2 Å². The van der Waals surface area contributed by atoms with Gasteiger partial charge in [-0.3, -0.25) is 4.99 Å². The molecule has 0 bridgehead atoms. The van der Waals surface area contributed by atoms with E-state index in [1.165, 1.54) is 0 Å². The molecule has 0 radical (unpaired) electrons. The molecular weight excluding hydrogens is 423 g/mol. The predicted molar refractivity (Wildman–Crippen MR) is 106 cm³/mol. The van der Waals surface area contributed by atoms with Gasteiger partial charge < -0.3 is 15.1 Å². The summed E-state index contributed by atoms with van der Waals surface area (Å²) < 4.78 is 0. The highest BCUT2D eigenvalue weighted by molar-refractivity contribution is 14.0. The zero-order chi connectivity index (χ0) is 15.2. The summed E-state index contributed by atoms with van der Waals surface area (Å²) >= 11 is 1.66. The van der Waals surface area contributed by atoms with Gasteiger partial charge >= 0.3 is 0 Å². The maximum Gasteiger partial charge on any atom is 0.194 e. The Balaban J connectivity index is 0.00000192. The number of hydrogen-bond acceptors (Lipinski definition) is 5. The molecule has 3 rings (SSSR count). The van der Waals surface area contributed by atoms with Crippen LogP contribution in [0.2, 0.25) is 0 Å². The van der Waals surface area contributed by atoms with Crippen molar-refractivity contribution in [2.24, 2.45) is 4.99 Å². The molecule has 8 heteroatoms. The van der Waals surface area contributed by atoms with Crippen molar-refractivity contribution in [3.8, 4) is 0 Å². The van der Waals surface area contributed by atoms with E-state index in [-0.39, 0.29) is 24.0 Å². The van der Waals surface area contributed by atoms with Crippen molar-refractivity contribution in [2.75, 3.05) is 38.1 Å². The molecule has 0 atom stereocenters. The summed E-state index contributed by atoms with van der Waals surface area (Å²) in [5.41, 5.74) is 0. The molecule has 1 aliphatic rings. The molecule has 0 aliphatic carbocycles. The van der Waals surface area contributed by atoms with Crippen molar-refractivity contribution in [2.45, 2.75) is 6.54 Å². The Labute approximate surface area is 157 Å². The Morgan fingerprint density at radius 3 is 2.65 bits per heavy atom. The van der Waals surface area contributed by atoms with E-state index >= 15 is 0 Å². The van der Waals surface area contributed by atoms with Crippen LogP contribution in [0.5, 0.6) is 0 Å². The number of hydrogen-bond donors (Lipinski definition) is 1. The first-order valence-corrected chi connectivity index (χ1v) is 8.25. The molecule has 0 saturated carbocycles. The third-order valence-electron chi connectivity index (χ3n) is 3.65. The molecule has 0 spiro atoms. The number of anilines is 1. The van der Waals surface area contributed by atoms with Gasteiger partial charge in [-0.2, -0.15) is 0 Å². The lowest BCUT2D eigenvalue weighted by Gasteiger charge is -2.37. The highest BCUT2D eigenvalue weighted by Gasteiger charge is 2.20. The highest BCUT2D eigenvalue weighted by atomic mass is 127. The molecule has 1 aliphatic heterocycles. The number of halogens is 1. The number of aliphatic imine (C=N–C) groups is 1. The number of nitrogens with one attached hydrogen (secondary N) is 1. The minimum atomic E-state index is 0. The molecule has 2 aromatic heterocycles. The Morgan fingerprint density at radius 2 is 2.04 bits per heavy atom. The standard InChI is InChI=1S/C15H20N6S.HI/c1-16-15(19-12-14-18-6-11-22-14)21-9-7-20(8-10-21)13-4-2-3-5-17-13;/h2-6,11H,7-10,12H2,1H3,(H,16,19);1H. The number of pyridine rings is 1. The van der Waals surface area contributed by atoms with Crippen LogP contribution >= 0.6 is 35.3 Å². The number of rotatable bonds is 3. The smallest absolute Gasteiger partial charge is 0.194 e. The first kappa shape index (κ1) is 17.9. The summed E-state index contributed by atoms with van der Waals surface area (Å²) in [6.45, 7) is 4.51. The van der Waals surface area contributed by atoms with Crippen LogP contribution in [0.4, 0.5) is 5.82 Å². The number of guanidine groups is 1. The molecule has 23 heavy (non-hydrogen) atoms. The maximum atomic E-state index is 4.42. The van der Waals surface area contributed by atoms with Gasteiger partial charge in [0.1, 0.15) is 10.8 Å². The van der Waals surface area contributed by atoms with E-state index in [0.717, 1.165) is 49.5 Å². The largest absolute Gasteiger partial charge is 0.353 e. The second-order valence-corrected chi connectivity index (χ2v) is 5.97. The lowest BCUT2D eigenvalue weighted by molar-refractivity contribution is 0.371. The molecule has 1 saturated heterocycles. The molecule has 124 valence electrons. The van der Waals surface area contributed by atoms with Gasteiger partial charge in [-0.05, 0) is 12.1 Å². The zero-order valence-electron chi connectivity index (χ0n) is 13.1. The molecule has 1 fully saturated rings. The Hall–Kier alpha value is -1.42. The monoisotopic (exact) mass is 444 g/mol. The van der Waals surface area contributed by atoms with E-state index < -0.39 is 0 Å². The SMILES string of the molecule is CN=C(NCc1nccs1)N1CCN(c2ccccn2)CC1.I. The fraction of sp³-hybridized carbons (Fsp3) is 0.400. The highest BCUT2D eigenvalue weighted by Crippen LogP contribution is 2.12. The Bertz CT molecular complexity index is 596. The second-order valence-electron chi connectivity index (χ2n) is 4.99. The fourth-order valence-electron chi connectivity index (χ4n) is 2.52. The first-order chi connectivity index (χ1) is 10.9. The van der Waals surface area contributed by atoms with Crippen molar-refractivity contribution in [3.63, 3.8) is 0 Å². The van der Waals surface area contributed by atoms with Crippen LogP contribution in [0.15, 0.2) is 41.0 Å². The van der Waals surface area contributed by atoms with Crippen LogP contribution in [0.1, 0.15) is 5.01 Å². The molecule has 1 N–H and O–H groups in total. The molecule has 2 aromatic rings. The second kappa shape index (κ2) is 9.02. The van der Waals surface area contributed by atoms with Crippen LogP contribution in [0.25, 0.3) is 0 Å². The van der Waals surface area contributed by atoms with Crippen LogP contribution in [0.3, 0.4) is 0 Å². The molecular formula is C15H21IN6S. The first-order valence-electron chi connectivity index (χ1n) is 7.37. The Kier molecular flexibility index (Phi) is 7.03. The van der Waals surface area contributed by atoms with Crippen molar-refractivity contribution < 1.29 is 0 Å². The third-order valence-corrected chi connectivity index (χ3v) is 4.43. The van der Waals surface area contributed by atoms with Gasteiger partial charge in [0.2, 0.25) is 0 Å². The van der Waals surface area contributed by atoms with Crippen LogP contribution in [0, 0.1) is 0 Å². The minimum Gasteiger partial charge on any atom is -0.353 e. The summed E-state index contributed by atoms with van der Waals surface area (Å²) in [6.07, 6.45) is 3.67. The molecule has 0 unspecified atom stereocenters. The van der Waals surface area contributed by atoms with Crippen molar-refractivity contribution in [3.05, 3.63) is 41.0 Å². The maximum absolute atomic E-state index is 4.42. The van der Waals surface area contributed by atoms with Crippen molar-refractivity contribution >= 4 is 47.1 Å². The van der Waals surface area contributed by atoms with Crippen LogP contribution in [-0.2, 0) is 6.54 Å². The van der Waals surface area contributed by atoms with Gasteiger partial charge in [-0.15, -0.1) is 35.3 Å². The minimum absolute atomic E-state index is 0. The average molecular weight is 444 g/mol. The van der Waals surface area contributed by atoms with E-state index in [9.17, 15) is 0 Å². The number of aromatic nitrogens is 2. The summed E-state index contributed by atoms with van der Waals surface area (Å²) in [5.74, 6) is 1.99. The molecule has 6 nitrogen and oxygen atoms in total. The molecule has 0 aromatic carbocycles. The number of nitrogens with zero attached hydrogens (tertiary/aromatic N) is 5. The van der Waals surface area contributed by atoms with E-state index in [2.05, 4.69) is 36.1 Å². The zero-order valence-corrected chi connectivity index (χ0v) is 16.2. The van der Waals surface area contributed by atoms with Gasteiger partial charge in [0.25, 0.3) is 0 Å². The van der Waals surface area contributed by atoms with Gasteiger partial charge in [-0.1, -0.05) is 6.07 Å². The van der Waals surface area contributed by atoms with E-state index in [1.807, 2.05) is 37.0 Å². The van der Waals surface area contributed by atoms with E-state index in [0.29, 0.717) is 0 Å². The molecule has 3 heterocycles. The van der Waals surface area contributed by atoms with E-state index in [1.54, 1.807) is 11.3 Å². The van der Waals surface area contributed by atoms with Gasteiger partial charge in [0, 0.05) is 51.0 Å². The summed E-state index contributed by atoms with van der Waals surface area (Å²) in [4.78, 5) is 17.7. The molecule has 0 amide bonds. The number of piperazine rings is 1.